The second-order valence-electron chi connectivity index (χ2n) is 3.81. The second kappa shape index (κ2) is 5.86. The molecule has 4 nitrogen and oxygen atoms in total. The van der Waals surface area contributed by atoms with E-state index in [2.05, 4.69) is 10.6 Å². The van der Waals surface area contributed by atoms with Crippen LogP contribution in [0, 0.1) is 0 Å². The van der Waals surface area contributed by atoms with Gasteiger partial charge in [-0.05, 0) is 29.6 Å². The van der Waals surface area contributed by atoms with Crippen LogP contribution in [0.5, 0.6) is 0 Å². The van der Waals surface area contributed by atoms with Crippen molar-refractivity contribution in [2.24, 2.45) is 0 Å². The Kier molecular flexibility index (Phi) is 4.19. The van der Waals surface area contributed by atoms with E-state index in [1.54, 1.807) is 35.7 Å². The van der Waals surface area contributed by atoms with Gasteiger partial charge in [-0.3, -0.25) is 9.59 Å². The van der Waals surface area contributed by atoms with Gasteiger partial charge in [0.05, 0.1) is 5.02 Å². The SMILES string of the molecule is CC(=O)Nc1cccc(NC(=O)c2sccc2Cl)c1. The molecule has 2 amide bonds. The van der Waals surface area contributed by atoms with Crippen molar-refractivity contribution in [3.05, 3.63) is 45.6 Å². The average Bonchev–Trinajstić information content (AvgIpc) is 2.75. The monoisotopic (exact) mass is 294 g/mol. The van der Waals surface area contributed by atoms with Crippen LogP contribution in [0.25, 0.3) is 0 Å². The minimum Gasteiger partial charge on any atom is -0.326 e. The van der Waals surface area contributed by atoms with Gasteiger partial charge in [-0.15, -0.1) is 11.3 Å². The molecule has 0 radical (unpaired) electrons. The molecule has 2 aromatic rings. The summed E-state index contributed by atoms with van der Waals surface area (Å²) in [4.78, 5) is 23.4. The number of amides is 2. The summed E-state index contributed by atoms with van der Waals surface area (Å²) in [7, 11) is 0. The van der Waals surface area contributed by atoms with Crippen molar-refractivity contribution in [3.8, 4) is 0 Å². The lowest BCUT2D eigenvalue weighted by atomic mass is 10.2. The van der Waals surface area contributed by atoms with Crippen LogP contribution < -0.4 is 10.6 Å². The Balaban J connectivity index is 2.13. The zero-order chi connectivity index (χ0) is 13.8. The third-order valence-corrected chi connectivity index (χ3v) is 3.60. The maximum Gasteiger partial charge on any atom is 0.267 e. The molecular weight excluding hydrogens is 284 g/mol. The largest absolute Gasteiger partial charge is 0.326 e. The Hall–Kier alpha value is -1.85. The van der Waals surface area contributed by atoms with Crippen molar-refractivity contribution in [2.45, 2.75) is 6.92 Å². The first-order chi connectivity index (χ1) is 9.06. The van der Waals surface area contributed by atoms with Gasteiger partial charge in [0.25, 0.3) is 5.91 Å². The third kappa shape index (κ3) is 3.56. The molecule has 0 saturated carbocycles. The highest BCUT2D eigenvalue weighted by Gasteiger charge is 2.12. The van der Waals surface area contributed by atoms with Gasteiger partial charge >= 0.3 is 0 Å². The topological polar surface area (TPSA) is 58.2 Å². The summed E-state index contributed by atoms with van der Waals surface area (Å²) >= 11 is 7.17. The fourth-order valence-electron chi connectivity index (χ4n) is 1.52. The first-order valence-corrected chi connectivity index (χ1v) is 6.74. The van der Waals surface area contributed by atoms with E-state index in [1.165, 1.54) is 18.3 Å². The highest BCUT2D eigenvalue weighted by molar-refractivity contribution is 7.12. The van der Waals surface area contributed by atoms with Crippen molar-refractivity contribution >= 4 is 46.1 Å². The number of halogens is 1. The quantitative estimate of drug-likeness (QED) is 0.908. The van der Waals surface area contributed by atoms with E-state index in [-0.39, 0.29) is 11.8 Å². The summed E-state index contributed by atoms with van der Waals surface area (Å²) in [6, 6.07) is 8.59. The average molecular weight is 295 g/mol. The van der Waals surface area contributed by atoms with Gasteiger partial charge in [-0.2, -0.15) is 0 Å². The van der Waals surface area contributed by atoms with E-state index in [1.807, 2.05) is 0 Å². The highest BCUT2D eigenvalue weighted by Crippen LogP contribution is 2.23. The second-order valence-corrected chi connectivity index (χ2v) is 5.14. The molecule has 0 aliphatic rings. The summed E-state index contributed by atoms with van der Waals surface area (Å²) < 4.78 is 0. The van der Waals surface area contributed by atoms with Crippen LogP contribution in [0.2, 0.25) is 5.02 Å². The van der Waals surface area contributed by atoms with Gasteiger partial charge < -0.3 is 10.6 Å². The molecule has 0 aliphatic heterocycles. The normalized spacial score (nSPS) is 10.0. The molecule has 19 heavy (non-hydrogen) atoms. The molecule has 98 valence electrons. The predicted octanol–water partition coefficient (Wildman–Crippen LogP) is 3.61. The van der Waals surface area contributed by atoms with Crippen molar-refractivity contribution in [1.29, 1.82) is 0 Å². The van der Waals surface area contributed by atoms with Crippen LogP contribution in [-0.2, 0) is 4.79 Å². The lowest BCUT2D eigenvalue weighted by Gasteiger charge is -2.07. The maximum absolute atomic E-state index is 12.0. The molecular formula is C13H11ClN2O2S. The molecule has 1 aromatic heterocycles. The lowest BCUT2D eigenvalue weighted by molar-refractivity contribution is -0.114. The zero-order valence-electron chi connectivity index (χ0n) is 10.1. The van der Waals surface area contributed by atoms with Crippen LogP contribution >= 0.6 is 22.9 Å². The Morgan fingerprint density at radius 1 is 1.16 bits per heavy atom. The number of nitrogens with one attached hydrogen (secondary N) is 2. The van der Waals surface area contributed by atoms with Crippen LogP contribution in [0.15, 0.2) is 35.7 Å². The summed E-state index contributed by atoms with van der Waals surface area (Å²) in [5.41, 5.74) is 1.23. The number of thiophene rings is 1. The number of hydrogen-bond acceptors (Lipinski definition) is 3. The number of benzene rings is 1. The number of rotatable bonds is 3. The van der Waals surface area contributed by atoms with Gasteiger partial charge in [0.2, 0.25) is 5.91 Å². The molecule has 2 rings (SSSR count). The van der Waals surface area contributed by atoms with E-state index in [4.69, 9.17) is 11.6 Å². The minimum absolute atomic E-state index is 0.162. The molecule has 0 atom stereocenters. The van der Waals surface area contributed by atoms with Gasteiger partial charge in [-0.1, -0.05) is 17.7 Å². The zero-order valence-corrected chi connectivity index (χ0v) is 11.6. The lowest BCUT2D eigenvalue weighted by Crippen LogP contribution is -2.11. The highest BCUT2D eigenvalue weighted by atomic mass is 35.5. The number of carbonyl (C=O) groups excluding carboxylic acids is 2. The van der Waals surface area contributed by atoms with E-state index in [0.29, 0.717) is 21.3 Å². The molecule has 0 bridgehead atoms. The van der Waals surface area contributed by atoms with Crippen molar-refractivity contribution < 1.29 is 9.59 Å². The van der Waals surface area contributed by atoms with Crippen LogP contribution in [0.4, 0.5) is 11.4 Å². The number of hydrogen-bond donors (Lipinski definition) is 2. The first-order valence-electron chi connectivity index (χ1n) is 5.48. The fourth-order valence-corrected chi connectivity index (χ4v) is 2.56. The number of anilines is 2. The molecule has 0 saturated heterocycles. The molecule has 0 spiro atoms. The summed E-state index contributed by atoms with van der Waals surface area (Å²) in [6.07, 6.45) is 0. The van der Waals surface area contributed by atoms with E-state index in [9.17, 15) is 9.59 Å². The van der Waals surface area contributed by atoms with Crippen molar-refractivity contribution in [2.75, 3.05) is 10.6 Å². The number of carbonyl (C=O) groups is 2. The van der Waals surface area contributed by atoms with Gasteiger partial charge in [0.1, 0.15) is 4.88 Å². The van der Waals surface area contributed by atoms with Crippen LogP contribution in [0.3, 0.4) is 0 Å². The Labute approximate surface area is 119 Å². The standard InChI is InChI=1S/C13H11ClN2O2S/c1-8(17)15-9-3-2-4-10(7-9)16-13(18)12-11(14)5-6-19-12/h2-7H,1H3,(H,15,17)(H,16,18). The summed E-state index contributed by atoms with van der Waals surface area (Å²) in [5.74, 6) is -0.426. The Morgan fingerprint density at radius 2 is 1.84 bits per heavy atom. The smallest absolute Gasteiger partial charge is 0.267 e. The fraction of sp³-hybridized carbons (Fsp3) is 0.0769. The molecule has 0 fully saturated rings. The molecule has 1 aromatic carbocycles. The molecule has 0 unspecified atom stereocenters. The molecule has 1 heterocycles. The summed E-state index contributed by atoms with van der Waals surface area (Å²) in [6.45, 7) is 1.43. The Morgan fingerprint density at radius 3 is 2.42 bits per heavy atom. The van der Waals surface area contributed by atoms with E-state index >= 15 is 0 Å². The van der Waals surface area contributed by atoms with Crippen molar-refractivity contribution in [1.82, 2.24) is 0 Å². The van der Waals surface area contributed by atoms with Crippen LogP contribution in [-0.4, -0.2) is 11.8 Å². The van der Waals surface area contributed by atoms with E-state index in [0.717, 1.165) is 0 Å². The van der Waals surface area contributed by atoms with Crippen molar-refractivity contribution in [3.63, 3.8) is 0 Å². The molecule has 0 aliphatic carbocycles. The Bertz CT molecular complexity index is 625. The third-order valence-electron chi connectivity index (χ3n) is 2.26. The summed E-state index contributed by atoms with van der Waals surface area (Å²) in [5, 5.41) is 7.57. The predicted molar refractivity (Wildman–Crippen MR) is 78.0 cm³/mol. The van der Waals surface area contributed by atoms with Crippen LogP contribution in [0.1, 0.15) is 16.6 Å². The van der Waals surface area contributed by atoms with Gasteiger partial charge in [-0.25, -0.2) is 0 Å². The minimum atomic E-state index is -0.264. The maximum atomic E-state index is 12.0. The first kappa shape index (κ1) is 13.6. The molecule has 6 heteroatoms. The molecule has 2 N–H and O–H groups in total. The van der Waals surface area contributed by atoms with Gasteiger partial charge in [0, 0.05) is 18.3 Å². The van der Waals surface area contributed by atoms with Gasteiger partial charge in [0.15, 0.2) is 0 Å². The van der Waals surface area contributed by atoms with E-state index < -0.39 is 0 Å².